The molecule has 1 heterocycles. The van der Waals surface area contributed by atoms with Gasteiger partial charge in [-0.3, -0.25) is 0 Å². The maximum Gasteiger partial charge on any atom is 0.339 e. The molecule has 0 aromatic heterocycles. The molecule has 3 atom stereocenters. The molecule has 130 valence electrons. The van der Waals surface area contributed by atoms with Crippen LogP contribution in [0.2, 0.25) is 0 Å². The summed E-state index contributed by atoms with van der Waals surface area (Å²) in [6.45, 7) is 6.83. The van der Waals surface area contributed by atoms with Gasteiger partial charge < -0.3 is 24.1 Å². The van der Waals surface area contributed by atoms with Gasteiger partial charge >= 0.3 is 11.9 Å². The fraction of sp³-hybridized carbons (Fsp3) is 0.750. The Morgan fingerprint density at radius 2 is 1.57 bits per heavy atom. The van der Waals surface area contributed by atoms with E-state index in [-0.39, 0.29) is 18.6 Å². The molecule has 2 aliphatic rings. The van der Waals surface area contributed by atoms with Gasteiger partial charge in [0, 0.05) is 12.8 Å². The molecule has 2 rings (SSSR count). The molecule has 1 aliphatic carbocycles. The van der Waals surface area contributed by atoms with Gasteiger partial charge in [0.15, 0.2) is 18.0 Å². The van der Waals surface area contributed by atoms with Gasteiger partial charge in [0.05, 0.1) is 18.3 Å². The number of carbonyl (C=O) groups excluding carboxylic acids is 2. The van der Waals surface area contributed by atoms with Gasteiger partial charge in [0.1, 0.15) is 0 Å². The van der Waals surface area contributed by atoms with Gasteiger partial charge in [0.2, 0.25) is 0 Å². The zero-order chi connectivity index (χ0) is 17.2. The van der Waals surface area contributed by atoms with Crippen molar-refractivity contribution in [2.24, 2.45) is 0 Å². The normalized spacial score (nSPS) is 29.3. The highest BCUT2D eigenvalue weighted by molar-refractivity contribution is 5.86. The summed E-state index contributed by atoms with van der Waals surface area (Å²) in [5.41, 5.74) is 0. The first-order chi connectivity index (χ1) is 10.7. The molecule has 7 nitrogen and oxygen atoms in total. The zero-order valence-corrected chi connectivity index (χ0v) is 13.9. The summed E-state index contributed by atoms with van der Waals surface area (Å²) in [5.74, 6) is -2.56. The average molecular weight is 328 g/mol. The minimum atomic E-state index is -1.21. The van der Waals surface area contributed by atoms with Gasteiger partial charge in [-0.1, -0.05) is 12.2 Å². The van der Waals surface area contributed by atoms with E-state index in [9.17, 15) is 14.7 Å². The molecule has 0 aromatic rings. The summed E-state index contributed by atoms with van der Waals surface area (Å²) < 4.78 is 21.8. The first-order valence-electron chi connectivity index (χ1n) is 7.84. The van der Waals surface area contributed by atoms with Crippen LogP contribution in [0.4, 0.5) is 0 Å². The summed E-state index contributed by atoms with van der Waals surface area (Å²) in [6, 6.07) is 0. The van der Waals surface area contributed by atoms with Crippen molar-refractivity contribution < 1.29 is 33.6 Å². The van der Waals surface area contributed by atoms with Gasteiger partial charge in [-0.2, -0.15) is 0 Å². The topological polar surface area (TPSA) is 91.3 Å². The van der Waals surface area contributed by atoms with Crippen molar-refractivity contribution >= 4 is 11.9 Å². The van der Waals surface area contributed by atoms with Crippen molar-refractivity contribution in [3.63, 3.8) is 0 Å². The molecule has 1 N–H and O–H groups in total. The Hall–Kier alpha value is -1.44. The van der Waals surface area contributed by atoms with Crippen LogP contribution in [-0.2, 0) is 28.5 Å². The minimum Gasteiger partial charge on any atom is -0.461 e. The first kappa shape index (κ1) is 17.9. The van der Waals surface area contributed by atoms with Crippen LogP contribution in [0.3, 0.4) is 0 Å². The molecule has 1 unspecified atom stereocenters. The molecule has 0 radical (unpaired) electrons. The van der Waals surface area contributed by atoms with E-state index in [1.807, 2.05) is 0 Å². The van der Waals surface area contributed by atoms with E-state index in [0.717, 1.165) is 0 Å². The molecule has 1 fully saturated rings. The second-order valence-corrected chi connectivity index (χ2v) is 6.36. The van der Waals surface area contributed by atoms with Crippen molar-refractivity contribution in [2.75, 3.05) is 0 Å². The Morgan fingerprint density at radius 3 is 1.96 bits per heavy atom. The van der Waals surface area contributed by atoms with Crippen LogP contribution in [0, 0.1) is 0 Å². The maximum atomic E-state index is 12.2. The summed E-state index contributed by atoms with van der Waals surface area (Å²) >= 11 is 0. The highest BCUT2D eigenvalue weighted by Crippen LogP contribution is 2.39. The third-order valence-corrected chi connectivity index (χ3v) is 3.43. The summed E-state index contributed by atoms with van der Waals surface area (Å²) in [4.78, 5) is 24.5. The van der Waals surface area contributed by atoms with Crippen LogP contribution >= 0.6 is 0 Å². The number of hydrogen-bond acceptors (Lipinski definition) is 7. The molecule has 0 aromatic carbocycles. The molecule has 7 heteroatoms. The SMILES string of the molecule is CC(C)OC(=O)[C@H]1OC2(CC=CC(O)C2)O[C@@H]1C(=O)OC(C)C. The fourth-order valence-electron chi connectivity index (χ4n) is 2.62. The lowest BCUT2D eigenvalue weighted by atomic mass is 9.98. The van der Waals surface area contributed by atoms with Crippen LogP contribution in [0.1, 0.15) is 40.5 Å². The van der Waals surface area contributed by atoms with E-state index in [0.29, 0.717) is 6.42 Å². The Kier molecular flexibility index (Phi) is 5.44. The summed E-state index contributed by atoms with van der Waals surface area (Å²) in [7, 11) is 0. The second kappa shape index (κ2) is 6.98. The lowest BCUT2D eigenvalue weighted by Crippen LogP contribution is -2.40. The third kappa shape index (κ3) is 4.31. The van der Waals surface area contributed by atoms with Crippen molar-refractivity contribution in [2.45, 2.75) is 76.8 Å². The number of ether oxygens (including phenoxy) is 4. The van der Waals surface area contributed by atoms with E-state index in [4.69, 9.17) is 18.9 Å². The highest BCUT2D eigenvalue weighted by atomic mass is 16.8. The fourth-order valence-corrected chi connectivity index (χ4v) is 2.62. The summed E-state index contributed by atoms with van der Waals surface area (Å²) in [6.07, 6.45) is -0.0620. The number of aliphatic hydroxyl groups is 1. The standard InChI is InChI=1S/C16H24O7/c1-9(2)20-14(18)12-13(15(19)21-10(3)4)23-16(22-12)7-5-6-11(17)8-16/h5-6,9-13,17H,7-8H2,1-4H3/t11?,12-,13-/m0/s1. The molecule has 0 bridgehead atoms. The molecule has 1 aliphatic heterocycles. The Labute approximate surface area is 135 Å². The van der Waals surface area contributed by atoms with E-state index < -0.39 is 36.0 Å². The number of aliphatic hydroxyl groups excluding tert-OH is 1. The second-order valence-electron chi connectivity index (χ2n) is 6.36. The van der Waals surface area contributed by atoms with E-state index >= 15 is 0 Å². The Bertz CT molecular complexity index is 453. The van der Waals surface area contributed by atoms with Crippen molar-refractivity contribution in [3.8, 4) is 0 Å². The Balaban J connectivity index is 2.19. The van der Waals surface area contributed by atoms with Gasteiger partial charge in [-0.15, -0.1) is 0 Å². The zero-order valence-electron chi connectivity index (χ0n) is 13.9. The maximum absolute atomic E-state index is 12.2. The lowest BCUT2D eigenvalue weighted by Gasteiger charge is -2.31. The monoisotopic (exact) mass is 328 g/mol. The smallest absolute Gasteiger partial charge is 0.339 e. The number of rotatable bonds is 4. The number of carbonyl (C=O) groups is 2. The van der Waals surface area contributed by atoms with Crippen molar-refractivity contribution in [1.82, 2.24) is 0 Å². The largest absolute Gasteiger partial charge is 0.461 e. The lowest BCUT2D eigenvalue weighted by molar-refractivity contribution is -0.202. The molecule has 0 amide bonds. The van der Waals surface area contributed by atoms with Crippen LogP contribution in [0.5, 0.6) is 0 Å². The van der Waals surface area contributed by atoms with Gasteiger partial charge in [-0.25, -0.2) is 9.59 Å². The molecule has 0 saturated carbocycles. The van der Waals surface area contributed by atoms with Crippen LogP contribution in [0.25, 0.3) is 0 Å². The predicted molar refractivity (Wildman–Crippen MR) is 79.3 cm³/mol. The molecular formula is C16H24O7. The highest BCUT2D eigenvalue weighted by Gasteiger charge is 2.55. The van der Waals surface area contributed by atoms with Gasteiger partial charge in [0.25, 0.3) is 0 Å². The number of hydrogen-bond donors (Lipinski definition) is 1. The van der Waals surface area contributed by atoms with Crippen LogP contribution in [0.15, 0.2) is 12.2 Å². The molecular weight excluding hydrogens is 304 g/mol. The molecule has 1 spiro atoms. The predicted octanol–water partition coefficient (Wildman–Crippen LogP) is 1.08. The summed E-state index contributed by atoms with van der Waals surface area (Å²) in [5, 5.41) is 9.80. The van der Waals surface area contributed by atoms with E-state index in [2.05, 4.69) is 0 Å². The van der Waals surface area contributed by atoms with E-state index in [1.165, 1.54) is 0 Å². The van der Waals surface area contributed by atoms with E-state index in [1.54, 1.807) is 39.8 Å². The molecule has 1 saturated heterocycles. The first-order valence-corrected chi connectivity index (χ1v) is 7.84. The Morgan fingerprint density at radius 1 is 1.09 bits per heavy atom. The van der Waals surface area contributed by atoms with Crippen molar-refractivity contribution in [1.29, 1.82) is 0 Å². The van der Waals surface area contributed by atoms with Crippen LogP contribution in [-0.4, -0.2) is 53.4 Å². The quantitative estimate of drug-likeness (QED) is 0.610. The third-order valence-electron chi connectivity index (χ3n) is 3.43. The minimum absolute atomic E-state index is 0.139. The van der Waals surface area contributed by atoms with Crippen LogP contribution < -0.4 is 0 Å². The number of esters is 2. The average Bonchev–Trinajstić information content (AvgIpc) is 2.76. The molecule has 23 heavy (non-hydrogen) atoms. The van der Waals surface area contributed by atoms with Gasteiger partial charge in [-0.05, 0) is 27.7 Å². The van der Waals surface area contributed by atoms with Crippen molar-refractivity contribution in [3.05, 3.63) is 12.2 Å².